The average Bonchev–Trinajstić information content (AvgIpc) is 3.32. The summed E-state index contributed by atoms with van der Waals surface area (Å²) in [4.78, 5) is 15.0. The molecule has 4 aromatic rings. The lowest BCUT2D eigenvalue weighted by Gasteiger charge is -2.19. The molecule has 0 fully saturated rings. The molecule has 5 nitrogen and oxygen atoms in total. The monoisotopic (exact) mass is 388 g/mol. The number of carbonyl (C=O) groups excluding carboxylic acids is 1. The summed E-state index contributed by atoms with van der Waals surface area (Å²) in [6.07, 6.45) is 1.66. The maximum absolute atomic E-state index is 13.2. The Morgan fingerprint density at radius 3 is 2.41 bits per heavy atom. The smallest absolute Gasteiger partial charge is 0.270 e. The fourth-order valence-corrected chi connectivity index (χ4v) is 3.47. The first-order chi connectivity index (χ1) is 14.0. The summed E-state index contributed by atoms with van der Waals surface area (Å²) >= 11 is 0. The molecule has 0 unspecified atom stereocenters. The van der Waals surface area contributed by atoms with E-state index in [1.165, 1.54) is 5.56 Å². The second-order valence-corrected chi connectivity index (χ2v) is 7.28. The van der Waals surface area contributed by atoms with Crippen molar-refractivity contribution in [2.75, 3.05) is 14.2 Å². The summed E-state index contributed by atoms with van der Waals surface area (Å²) in [5.74, 6) is 0.759. The van der Waals surface area contributed by atoms with E-state index in [1.54, 1.807) is 18.3 Å². The third-order valence-electron chi connectivity index (χ3n) is 5.13. The Labute approximate surface area is 170 Å². The molecule has 5 heteroatoms. The number of amides is 1. The van der Waals surface area contributed by atoms with Gasteiger partial charge in [-0.2, -0.15) is 0 Å². The van der Waals surface area contributed by atoms with Gasteiger partial charge in [0.15, 0.2) is 5.58 Å². The second-order valence-electron chi connectivity index (χ2n) is 7.28. The zero-order valence-corrected chi connectivity index (χ0v) is 16.9. The van der Waals surface area contributed by atoms with Gasteiger partial charge in [0.1, 0.15) is 11.4 Å². The lowest BCUT2D eigenvalue weighted by atomic mass is 10.1. The van der Waals surface area contributed by atoms with Gasteiger partial charge in [0, 0.05) is 32.3 Å². The molecule has 0 saturated heterocycles. The summed E-state index contributed by atoms with van der Waals surface area (Å²) in [6, 6.07) is 19.8. The van der Waals surface area contributed by atoms with Gasteiger partial charge in [-0.1, -0.05) is 42.0 Å². The lowest BCUT2D eigenvalue weighted by Crippen LogP contribution is -2.28. The van der Waals surface area contributed by atoms with Gasteiger partial charge in [-0.3, -0.25) is 4.79 Å². The Morgan fingerprint density at radius 2 is 1.72 bits per heavy atom. The summed E-state index contributed by atoms with van der Waals surface area (Å²) in [6.45, 7) is 3.19. The van der Waals surface area contributed by atoms with Crippen LogP contribution in [0.4, 0.5) is 0 Å². The van der Waals surface area contributed by atoms with Crippen LogP contribution in [0.5, 0.6) is 5.75 Å². The molecule has 2 heterocycles. The topological polar surface area (TPSA) is 47.6 Å². The van der Waals surface area contributed by atoms with E-state index in [-0.39, 0.29) is 5.91 Å². The number of benzene rings is 2. The highest BCUT2D eigenvalue weighted by atomic mass is 16.5. The first kappa shape index (κ1) is 18.9. The third kappa shape index (κ3) is 3.90. The standard InChI is InChI=1S/C24H24N2O3/c1-17-4-6-19(7-5-17)16-26-21-12-13-29-23(21)14-22(26)24(27)25(2)15-18-8-10-20(28-3)11-9-18/h4-14H,15-16H2,1-3H3. The van der Waals surface area contributed by atoms with E-state index in [2.05, 4.69) is 31.2 Å². The third-order valence-corrected chi connectivity index (χ3v) is 5.13. The van der Waals surface area contributed by atoms with E-state index in [9.17, 15) is 4.79 Å². The van der Waals surface area contributed by atoms with E-state index >= 15 is 0 Å². The maximum atomic E-state index is 13.2. The zero-order valence-electron chi connectivity index (χ0n) is 16.9. The number of nitrogens with zero attached hydrogens (tertiary/aromatic N) is 2. The molecule has 0 N–H and O–H groups in total. The normalized spacial score (nSPS) is 11.0. The highest BCUT2D eigenvalue weighted by Crippen LogP contribution is 2.24. The fourth-order valence-electron chi connectivity index (χ4n) is 3.47. The van der Waals surface area contributed by atoms with Crippen molar-refractivity contribution < 1.29 is 13.9 Å². The van der Waals surface area contributed by atoms with Crippen molar-refractivity contribution >= 4 is 17.0 Å². The minimum atomic E-state index is -0.0423. The number of carbonyl (C=O) groups is 1. The van der Waals surface area contributed by atoms with E-state index in [4.69, 9.17) is 9.15 Å². The minimum Gasteiger partial charge on any atom is -0.497 e. The number of hydrogen-bond donors (Lipinski definition) is 0. The van der Waals surface area contributed by atoms with Gasteiger partial charge in [0.25, 0.3) is 5.91 Å². The summed E-state index contributed by atoms with van der Waals surface area (Å²) in [7, 11) is 3.46. The van der Waals surface area contributed by atoms with Gasteiger partial charge >= 0.3 is 0 Å². The van der Waals surface area contributed by atoms with Crippen molar-refractivity contribution in [2.24, 2.45) is 0 Å². The first-order valence-electron chi connectivity index (χ1n) is 9.56. The quantitative estimate of drug-likeness (QED) is 0.473. The summed E-state index contributed by atoms with van der Waals surface area (Å²) < 4.78 is 12.8. The second kappa shape index (κ2) is 7.87. The van der Waals surface area contributed by atoms with Gasteiger partial charge in [-0.25, -0.2) is 0 Å². The van der Waals surface area contributed by atoms with Gasteiger partial charge in [-0.05, 0) is 30.2 Å². The number of hydrogen-bond acceptors (Lipinski definition) is 3. The average molecular weight is 388 g/mol. The Balaban J connectivity index is 1.60. The summed E-state index contributed by atoms with van der Waals surface area (Å²) in [5, 5.41) is 0. The molecule has 0 spiro atoms. The predicted molar refractivity (Wildman–Crippen MR) is 113 cm³/mol. The van der Waals surface area contributed by atoms with Crippen molar-refractivity contribution in [1.29, 1.82) is 0 Å². The van der Waals surface area contributed by atoms with Gasteiger partial charge < -0.3 is 18.6 Å². The van der Waals surface area contributed by atoms with E-state index < -0.39 is 0 Å². The molecule has 29 heavy (non-hydrogen) atoms. The number of aryl methyl sites for hydroxylation is 1. The highest BCUT2D eigenvalue weighted by Gasteiger charge is 2.21. The van der Waals surface area contributed by atoms with Crippen LogP contribution in [-0.4, -0.2) is 29.5 Å². The minimum absolute atomic E-state index is 0.0423. The molecule has 4 rings (SSSR count). The van der Waals surface area contributed by atoms with Crippen LogP contribution >= 0.6 is 0 Å². The number of fused-ring (bicyclic) bond motifs is 1. The molecule has 2 aromatic heterocycles. The molecule has 0 atom stereocenters. The summed E-state index contributed by atoms with van der Waals surface area (Å²) in [5.41, 5.74) is 5.66. The van der Waals surface area contributed by atoms with Crippen molar-refractivity contribution in [2.45, 2.75) is 20.0 Å². The Kier molecular flexibility index (Phi) is 5.12. The molecule has 0 aliphatic carbocycles. The largest absolute Gasteiger partial charge is 0.497 e. The van der Waals surface area contributed by atoms with Gasteiger partial charge in [0.05, 0.1) is 18.9 Å². The van der Waals surface area contributed by atoms with Crippen LogP contribution in [0.15, 0.2) is 71.3 Å². The van der Waals surface area contributed by atoms with Crippen molar-refractivity contribution in [1.82, 2.24) is 9.47 Å². The van der Waals surface area contributed by atoms with Crippen molar-refractivity contribution in [3.63, 3.8) is 0 Å². The van der Waals surface area contributed by atoms with Gasteiger partial charge in [0.2, 0.25) is 0 Å². The molecular weight excluding hydrogens is 364 g/mol. The predicted octanol–water partition coefficient (Wildman–Crippen LogP) is 4.87. The van der Waals surface area contributed by atoms with Crippen molar-refractivity contribution in [3.05, 3.63) is 89.3 Å². The molecule has 148 valence electrons. The van der Waals surface area contributed by atoms with Crippen LogP contribution in [0.25, 0.3) is 11.1 Å². The van der Waals surface area contributed by atoms with Gasteiger partial charge in [-0.15, -0.1) is 0 Å². The molecule has 0 radical (unpaired) electrons. The molecule has 0 aliphatic heterocycles. The number of aromatic nitrogens is 1. The zero-order chi connectivity index (χ0) is 20.4. The Bertz CT molecular complexity index is 1120. The molecule has 1 amide bonds. The Hall–Kier alpha value is -3.47. The fraction of sp³-hybridized carbons (Fsp3) is 0.208. The van der Waals surface area contributed by atoms with Crippen LogP contribution in [0, 0.1) is 6.92 Å². The van der Waals surface area contributed by atoms with E-state index in [1.807, 2.05) is 48.0 Å². The van der Waals surface area contributed by atoms with Crippen LogP contribution < -0.4 is 4.74 Å². The number of ether oxygens (including phenoxy) is 1. The highest BCUT2D eigenvalue weighted by molar-refractivity contribution is 5.97. The van der Waals surface area contributed by atoms with Crippen LogP contribution in [0.1, 0.15) is 27.2 Å². The molecule has 0 saturated carbocycles. The number of furan rings is 1. The van der Waals surface area contributed by atoms with Crippen LogP contribution in [0.2, 0.25) is 0 Å². The first-order valence-corrected chi connectivity index (χ1v) is 9.56. The SMILES string of the molecule is COc1ccc(CN(C)C(=O)c2cc3occc3n2Cc2ccc(C)cc2)cc1. The van der Waals surface area contributed by atoms with Crippen LogP contribution in [0.3, 0.4) is 0 Å². The molecule has 0 bridgehead atoms. The van der Waals surface area contributed by atoms with E-state index in [0.717, 1.165) is 28.0 Å². The van der Waals surface area contributed by atoms with E-state index in [0.29, 0.717) is 18.8 Å². The van der Waals surface area contributed by atoms with Crippen LogP contribution in [-0.2, 0) is 13.1 Å². The maximum Gasteiger partial charge on any atom is 0.270 e. The molecular formula is C24H24N2O3. The molecule has 2 aromatic carbocycles. The van der Waals surface area contributed by atoms with Crippen molar-refractivity contribution in [3.8, 4) is 5.75 Å². The number of methoxy groups -OCH3 is 1. The molecule has 0 aliphatic rings. The Morgan fingerprint density at radius 1 is 1.03 bits per heavy atom. The number of rotatable bonds is 6. The lowest BCUT2D eigenvalue weighted by molar-refractivity contribution is 0.0775.